The summed E-state index contributed by atoms with van der Waals surface area (Å²) >= 11 is 0. The van der Waals surface area contributed by atoms with Crippen LogP contribution in [0.3, 0.4) is 0 Å². The largest absolute Gasteiger partial charge is 0.207 e. The Morgan fingerprint density at radius 3 is 1.68 bits per heavy atom. The Balaban J connectivity index is 0.000000188. The van der Waals surface area contributed by atoms with Crippen molar-refractivity contribution in [2.75, 3.05) is 0 Å². The highest BCUT2D eigenvalue weighted by Gasteiger charge is 2.05. The standard InChI is InChI=1S/C8H9F.C8H14.C8H10/c1-6-3-4-7(2)8(9)5-6;2*1-7-3-5-8(2)6-4-7/h3-5H,1-2H3;3,8H,4-6H2,1-2H3;3-6H,1-2H3. The predicted molar refractivity (Wildman–Crippen MR) is 109 cm³/mol. The number of hydrogen-bond donors (Lipinski definition) is 0. The summed E-state index contributed by atoms with van der Waals surface area (Å²) in [5.74, 6) is 0.828. The van der Waals surface area contributed by atoms with Gasteiger partial charge in [-0.15, -0.1) is 0 Å². The van der Waals surface area contributed by atoms with E-state index in [9.17, 15) is 4.39 Å². The minimum Gasteiger partial charge on any atom is -0.207 e. The van der Waals surface area contributed by atoms with Crippen LogP contribution in [-0.4, -0.2) is 0 Å². The lowest BCUT2D eigenvalue weighted by molar-refractivity contribution is 0.514. The maximum atomic E-state index is 12.6. The molecule has 3 rings (SSSR count). The number of hydrogen-bond acceptors (Lipinski definition) is 0. The molecule has 0 heterocycles. The maximum absolute atomic E-state index is 12.6. The van der Waals surface area contributed by atoms with Crippen LogP contribution in [0, 0.1) is 39.4 Å². The quantitative estimate of drug-likeness (QED) is 0.436. The molecule has 0 bridgehead atoms. The van der Waals surface area contributed by atoms with E-state index in [2.05, 4.69) is 58.0 Å². The first-order chi connectivity index (χ1) is 11.8. The molecule has 0 aliphatic heterocycles. The van der Waals surface area contributed by atoms with Crippen LogP contribution in [0.2, 0.25) is 0 Å². The van der Waals surface area contributed by atoms with Crippen LogP contribution in [0.1, 0.15) is 55.4 Å². The highest BCUT2D eigenvalue weighted by Crippen LogP contribution is 2.21. The van der Waals surface area contributed by atoms with Crippen molar-refractivity contribution in [2.24, 2.45) is 5.92 Å². The Morgan fingerprint density at radius 2 is 1.32 bits per heavy atom. The zero-order chi connectivity index (χ0) is 18.8. The zero-order valence-corrected chi connectivity index (χ0v) is 16.7. The van der Waals surface area contributed by atoms with E-state index in [0.717, 1.165) is 11.5 Å². The van der Waals surface area contributed by atoms with E-state index in [1.54, 1.807) is 18.6 Å². The van der Waals surface area contributed by atoms with E-state index < -0.39 is 0 Å². The van der Waals surface area contributed by atoms with Crippen molar-refractivity contribution in [1.29, 1.82) is 0 Å². The van der Waals surface area contributed by atoms with Gasteiger partial charge in [0, 0.05) is 0 Å². The molecule has 25 heavy (non-hydrogen) atoms. The van der Waals surface area contributed by atoms with Gasteiger partial charge in [0.05, 0.1) is 0 Å². The summed E-state index contributed by atoms with van der Waals surface area (Å²) < 4.78 is 12.6. The Kier molecular flexibility index (Phi) is 9.20. The SMILES string of the molecule is CC1=CCC(C)CC1.Cc1ccc(C)c(F)c1.Cc1ccc(C)cc1. The molecule has 2 aromatic rings. The first kappa shape index (κ1) is 21.2. The molecule has 1 atom stereocenters. The van der Waals surface area contributed by atoms with E-state index in [4.69, 9.17) is 0 Å². The van der Waals surface area contributed by atoms with E-state index in [1.165, 1.54) is 36.5 Å². The van der Waals surface area contributed by atoms with Gasteiger partial charge in [0.25, 0.3) is 0 Å². The maximum Gasteiger partial charge on any atom is 0.126 e. The fourth-order valence-corrected chi connectivity index (χ4v) is 2.43. The van der Waals surface area contributed by atoms with Crippen LogP contribution in [-0.2, 0) is 0 Å². The number of rotatable bonds is 0. The molecule has 0 nitrogen and oxygen atoms in total. The fraction of sp³-hybridized carbons (Fsp3) is 0.417. The van der Waals surface area contributed by atoms with Gasteiger partial charge in [-0.3, -0.25) is 0 Å². The summed E-state index contributed by atoms with van der Waals surface area (Å²) in [7, 11) is 0. The van der Waals surface area contributed by atoms with E-state index >= 15 is 0 Å². The lowest BCUT2D eigenvalue weighted by atomic mass is 9.92. The van der Waals surface area contributed by atoms with Gasteiger partial charge in [0.15, 0.2) is 0 Å². The Bertz CT molecular complexity index is 644. The molecule has 1 aliphatic rings. The highest BCUT2D eigenvalue weighted by atomic mass is 19.1. The molecule has 0 radical (unpaired) electrons. The molecule has 0 saturated heterocycles. The second-order valence-corrected chi connectivity index (χ2v) is 7.34. The lowest BCUT2D eigenvalue weighted by Crippen LogP contribution is -1.98. The molecule has 1 aliphatic carbocycles. The third kappa shape index (κ3) is 9.24. The fourth-order valence-electron chi connectivity index (χ4n) is 2.43. The predicted octanol–water partition coefficient (Wildman–Crippen LogP) is 7.50. The third-order valence-electron chi connectivity index (χ3n) is 4.45. The minimum absolute atomic E-state index is 0.116. The molecule has 0 saturated carbocycles. The lowest BCUT2D eigenvalue weighted by Gasteiger charge is -2.14. The van der Waals surface area contributed by atoms with Gasteiger partial charge in [0.2, 0.25) is 0 Å². The van der Waals surface area contributed by atoms with Crippen molar-refractivity contribution in [2.45, 2.75) is 60.8 Å². The van der Waals surface area contributed by atoms with Crippen molar-refractivity contribution in [1.82, 2.24) is 0 Å². The van der Waals surface area contributed by atoms with E-state index in [-0.39, 0.29) is 5.82 Å². The van der Waals surface area contributed by atoms with Crippen LogP contribution >= 0.6 is 0 Å². The van der Waals surface area contributed by atoms with Crippen molar-refractivity contribution < 1.29 is 4.39 Å². The average Bonchev–Trinajstić information content (AvgIpc) is 2.58. The summed E-state index contributed by atoms with van der Waals surface area (Å²) in [5.41, 5.74) is 5.92. The van der Waals surface area contributed by atoms with E-state index in [1.807, 2.05) is 13.0 Å². The molecule has 1 unspecified atom stereocenters. The number of benzene rings is 2. The molecule has 1 heteroatoms. The highest BCUT2D eigenvalue weighted by molar-refractivity contribution is 5.21. The van der Waals surface area contributed by atoms with Gasteiger partial charge in [-0.1, -0.05) is 66.1 Å². The third-order valence-corrected chi connectivity index (χ3v) is 4.45. The normalized spacial score (nSPS) is 16.0. The number of aryl methyl sites for hydroxylation is 4. The Hall–Kier alpha value is -1.89. The molecule has 0 aromatic heterocycles. The Labute approximate surface area is 153 Å². The van der Waals surface area contributed by atoms with Crippen LogP contribution in [0.15, 0.2) is 54.1 Å². The molecule has 2 aromatic carbocycles. The van der Waals surface area contributed by atoms with Crippen molar-refractivity contribution >= 4 is 0 Å². The number of halogens is 1. The summed E-state index contributed by atoms with van der Waals surface area (Å²) in [4.78, 5) is 0. The van der Waals surface area contributed by atoms with Gasteiger partial charge in [-0.2, -0.15) is 0 Å². The topological polar surface area (TPSA) is 0 Å². The summed E-state index contributed by atoms with van der Waals surface area (Å²) in [5, 5.41) is 0. The molecular weight excluding hydrogens is 307 g/mol. The second kappa shape index (κ2) is 10.9. The van der Waals surface area contributed by atoms with Crippen LogP contribution in [0.4, 0.5) is 4.39 Å². The minimum atomic E-state index is -0.116. The van der Waals surface area contributed by atoms with Crippen molar-refractivity contribution in [3.8, 4) is 0 Å². The monoisotopic (exact) mass is 340 g/mol. The first-order valence-corrected chi connectivity index (χ1v) is 9.19. The second-order valence-electron chi connectivity index (χ2n) is 7.34. The van der Waals surface area contributed by atoms with Gasteiger partial charge < -0.3 is 0 Å². The summed E-state index contributed by atoms with van der Waals surface area (Å²) in [6, 6.07) is 13.7. The van der Waals surface area contributed by atoms with Crippen LogP contribution in [0.25, 0.3) is 0 Å². The molecule has 0 fully saturated rings. The number of allylic oxidation sites excluding steroid dienone is 2. The van der Waals surface area contributed by atoms with Crippen molar-refractivity contribution in [3.63, 3.8) is 0 Å². The zero-order valence-electron chi connectivity index (χ0n) is 16.7. The van der Waals surface area contributed by atoms with E-state index in [0.29, 0.717) is 5.56 Å². The molecule has 136 valence electrons. The van der Waals surface area contributed by atoms with Gasteiger partial charge in [-0.05, 0) is 77.0 Å². The van der Waals surface area contributed by atoms with Gasteiger partial charge in [-0.25, -0.2) is 4.39 Å². The van der Waals surface area contributed by atoms with Crippen LogP contribution < -0.4 is 0 Å². The van der Waals surface area contributed by atoms with Crippen LogP contribution in [0.5, 0.6) is 0 Å². The first-order valence-electron chi connectivity index (χ1n) is 9.19. The molecule has 0 spiro atoms. The van der Waals surface area contributed by atoms with Crippen molar-refractivity contribution in [3.05, 3.63) is 82.2 Å². The average molecular weight is 341 g/mol. The molecular formula is C24H33F. The summed E-state index contributed by atoms with van der Waals surface area (Å²) in [6.07, 6.45) is 6.42. The van der Waals surface area contributed by atoms with Gasteiger partial charge in [0.1, 0.15) is 5.82 Å². The molecule has 0 amide bonds. The summed E-state index contributed by atoms with van der Waals surface area (Å²) in [6.45, 7) is 12.4. The Morgan fingerprint density at radius 1 is 0.800 bits per heavy atom. The van der Waals surface area contributed by atoms with Gasteiger partial charge >= 0.3 is 0 Å². The smallest absolute Gasteiger partial charge is 0.126 e. The molecule has 0 N–H and O–H groups in total.